The summed E-state index contributed by atoms with van der Waals surface area (Å²) in [5.41, 5.74) is 1.34. The van der Waals surface area contributed by atoms with Gasteiger partial charge in [0.2, 0.25) is 5.75 Å². The monoisotopic (exact) mass is 465 g/mol. The van der Waals surface area contributed by atoms with Gasteiger partial charge in [0.25, 0.3) is 5.52 Å². The molecule has 178 valence electrons. The highest BCUT2D eigenvalue weighted by molar-refractivity contribution is 6.08. The number of rotatable bonds is 6. The summed E-state index contributed by atoms with van der Waals surface area (Å²) >= 11 is 0. The number of phenols is 1. The Balaban J connectivity index is 1.75. The third kappa shape index (κ3) is 4.97. The van der Waals surface area contributed by atoms with Crippen molar-refractivity contribution in [3.63, 3.8) is 0 Å². The molecule has 1 aliphatic rings. The van der Waals surface area contributed by atoms with Gasteiger partial charge in [0.1, 0.15) is 11.4 Å². The van der Waals surface area contributed by atoms with Crippen molar-refractivity contribution in [1.29, 1.82) is 0 Å². The number of aromatic hydroxyl groups is 1. The molecular formula is C26H28FN3O4. The molecule has 1 aliphatic heterocycles. The molecule has 2 heterocycles. The number of nitrogens with zero attached hydrogens (tertiary/aromatic N) is 3. The van der Waals surface area contributed by atoms with Gasteiger partial charge in [-0.2, -0.15) is 4.73 Å². The number of piperazine rings is 1. The number of carbonyl (C=O) groups excluding carboxylic acids is 1. The molecule has 8 heteroatoms. The Labute approximate surface area is 197 Å². The number of hydrogen-bond acceptors (Lipinski definition) is 6. The minimum atomic E-state index is -0.489. The number of halogens is 1. The highest BCUT2D eigenvalue weighted by Crippen LogP contribution is 2.38. The average Bonchev–Trinajstić information content (AvgIpc) is 2.78. The first kappa shape index (κ1) is 23.5. The fraction of sp³-hybridized carbons (Fsp3) is 0.308. The molecule has 2 aromatic carbocycles. The maximum Gasteiger partial charge on any atom is 0.268 e. The number of phenolic OH excluding ortho intramolecular Hbond substituents is 1. The van der Waals surface area contributed by atoms with Gasteiger partial charge in [-0.25, -0.2) is 4.39 Å². The van der Waals surface area contributed by atoms with Crippen molar-refractivity contribution >= 4 is 28.4 Å². The highest BCUT2D eigenvalue weighted by Gasteiger charge is 2.29. The fourth-order valence-corrected chi connectivity index (χ4v) is 4.02. The molecule has 0 saturated carbocycles. The van der Waals surface area contributed by atoms with Gasteiger partial charge in [-0.3, -0.25) is 4.79 Å². The molecular weight excluding hydrogens is 437 g/mol. The fourth-order valence-electron chi connectivity index (χ4n) is 4.02. The molecule has 0 aliphatic carbocycles. The Morgan fingerprint density at radius 1 is 1.18 bits per heavy atom. The molecule has 0 radical (unpaired) electrons. The molecule has 34 heavy (non-hydrogen) atoms. The van der Waals surface area contributed by atoms with Crippen LogP contribution in [0.1, 0.15) is 29.8 Å². The summed E-state index contributed by atoms with van der Waals surface area (Å²) in [5.74, 6) is -0.558. The maximum atomic E-state index is 15.4. The summed E-state index contributed by atoms with van der Waals surface area (Å²) in [4.78, 5) is 16.8. The number of ketones is 1. The van der Waals surface area contributed by atoms with E-state index in [4.69, 9.17) is 4.74 Å². The zero-order valence-corrected chi connectivity index (χ0v) is 19.5. The number of likely N-dealkylation sites (N-methyl/N-ethyl adjacent to an activating group) is 1. The van der Waals surface area contributed by atoms with Gasteiger partial charge in [-0.15, -0.1) is 0 Å². The summed E-state index contributed by atoms with van der Waals surface area (Å²) in [6.07, 6.45) is 3.86. The Hall–Kier alpha value is -3.65. The molecule has 0 bridgehead atoms. The van der Waals surface area contributed by atoms with Crippen LogP contribution in [0.5, 0.6) is 11.5 Å². The Morgan fingerprint density at radius 3 is 2.50 bits per heavy atom. The van der Waals surface area contributed by atoms with E-state index < -0.39 is 11.6 Å². The summed E-state index contributed by atoms with van der Waals surface area (Å²) in [7, 11) is 2.01. The largest absolute Gasteiger partial charge is 0.618 e. The third-order valence-electron chi connectivity index (χ3n) is 5.78. The van der Waals surface area contributed by atoms with Gasteiger partial charge in [-0.1, -0.05) is 18.2 Å². The molecule has 1 fully saturated rings. The van der Waals surface area contributed by atoms with E-state index in [1.54, 1.807) is 18.2 Å². The summed E-state index contributed by atoms with van der Waals surface area (Å²) in [6.45, 7) is 6.43. The van der Waals surface area contributed by atoms with Crippen LogP contribution in [0.25, 0.3) is 17.0 Å². The minimum Gasteiger partial charge on any atom is -0.618 e. The SMILES string of the molecule is CC(C)Oc1c(N2CCN(C)CC2)c(F)cc2cc(C(=O)C=Cc3ccc(O)cc3)c[n+]([O-])c12. The summed E-state index contributed by atoms with van der Waals surface area (Å²) in [6, 6.07) is 9.17. The molecule has 0 atom stereocenters. The smallest absolute Gasteiger partial charge is 0.268 e. The number of ether oxygens (including phenoxy) is 1. The predicted octanol–water partition coefficient (Wildman–Crippen LogP) is 3.75. The lowest BCUT2D eigenvalue weighted by Gasteiger charge is -2.35. The second-order valence-corrected chi connectivity index (χ2v) is 8.77. The lowest BCUT2D eigenvalue weighted by atomic mass is 10.1. The van der Waals surface area contributed by atoms with E-state index in [2.05, 4.69) is 4.90 Å². The number of aromatic nitrogens is 1. The second-order valence-electron chi connectivity index (χ2n) is 8.77. The van der Waals surface area contributed by atoms with E-state index in [0.29, 0.717) is 23.2 Å². The molecule has 3 aromatic rings. The number of benzene rings is 2. The zero-order chi connectivity index (χ0) is 24.4. The molecule has 0 spiro atoms. The number of fused-ring (bicyclic) bond motifs is 1. The molecule has 1 aromatic heterocycles. The van der Waals surface area contributed by atoms with Crippen LogP contribution in [0.15, 0.2) is 48.7 Å². The van der Waals surface area contributed by atoms with Crippen molar-refractivity contribution in [2.75, 3.05) is 38.1 Å². The normalized spacial score (nSPS) is 14.9. The quantitative estimate of drug-likeness (QED) is 0.259. The van der Waals surface area contributed by atoms with Crippen LogP contribution in [0.2, 0.25) is 0 Å². The van der Waals surface area contributed by atoms with E-state index in [1.807, 2.05) is 25.8 Å². The van der Waals surface area contributed by atoms with E-state index in [1.165, 1.54) is 36.5 Å². The van der Waals surface area contributed by atoms with Crippen molar-refractivity contribution in [2.45, 2.75) is 20.0 Å². The molecule has 0 amide bonds. The zero-order valence-electron chi connectivity index (χ0n) is 19.5. The van der Waals surface area contributed by atoms with Gasteiger partial charge in [0.15, 0.2) is 17.8 Å². The lowest BCUT2D eigenvalue weighted by molar-refractivity contribution is -0.577. The van der Waals surface area contributed by atoms with Crippen LogP contribution in [-0.4, -0.2) is 55.1 Å². The number of carbonyl (C=O) groups is 1. The van der Waals surface area contributed by atoms with Crippen LogP contribution in [0.4, 0.5) is 10.1 Å². The van der Waals surface area contributed by atoms with Crippen LogP contribution in [0.3, 0.4) is 0 Å². The Bertz CT molecular complexity index is 1230. The van der Waals surface area contributed by atoms with Crippen LogP contribution in [0, 0.1) is 11.0 Å². The number of hydrogen-bond donors (Lipinski definition) is 1. The maximum absolute atomic E-state index is 15.4. The van der Waals surface area contributed by atoms with Gasteiger partial charge in [0.05, 0.1) is 17.1 Å². The average molecular weight is 466 g/mol. The van der Waals surface area contributed by atoms with Gasteiger partial charge < -0.3 is 24.9 Å². The van der Waals surface area contributed by atoms with Crippen LogP contribution in [-0.2, 0) is 0 Å². The van der Waals surface area contributed by atoms with E-state index in [0.717, 1.165) is 18.7 Å². The molecule has 1 saturated heterocycles. The van der Waals surface area contributed by atoms with E-state index in [9.17, 15) is 15.1 Å². The summed E-state index contributed by atoms with van der Waals surface area (Å²) in [5, 5.41) is 22.8. The Kier molecular flexibility index (Phi) is 6.70. The lowest BCUT2D eigenvalue weighted by Crippen LogP contribution is -2.45. The first-order valence-corrected chi connectivity index (χ1v) is 11.2. The van der Waals surface area contributed by atoms with Gasteiger partial charge in [-0.05, 0) is 56.8 Å². The third-order valence-corrected chi connectivity index (χ3v) is 5.78. The molecule has 7 nitrogen and oxygen atoms in total. The number of pyridine rings is 1. The first-order chi connectivity index (χ1) is 16.2. The Morgan fingerprint density at radius 2 is 1.85 bits per heavy atom. The van der Waals surface area contributed by atoms with E-state index >= 15 is 4.39 Å². The summed E-state index contributed by atoms with van der Waals surface area (Å²) < 4.78 is 22.0. The van der Waals surface area contributed by atoms with E-state index in [-0.39, 0.29) is 34.4 Å². The standard InChI is InChI=1S/C26H28FN3O4/c1-17(2)34-26-24-19(15-22(27)25(26)29-12-10-28(3)11-13-29)14-20(16-30(24)33)23(32)9-6-18-4-7-21(31)8-5-18/h4-9,14-17,31H,10-13H2,1-3H3. The predicted molar refractivity (Wildman–Crippen MR) is 130 cm³/mol. The molecule has 1 N–H and O–H groups in total. The molecule has 0 unspecified atom stereocenters. The van der Waals surface area contributed by atoms with Crippen molar-refractivity contribution in [3.05, 3.63) is 70.8 Å². The van der Waals surface area contributed by atoms with Crippen LogP contribution < -0.4 is 14.4 Å². The highest BCUT2D eigenvalue weighted by atomic mass is 19.1. The first-order valence-electron chi connectivity index (χ1n) is 11.2. The van der Waals surface area contributed by atoms with Crippen LogP contribution >= 0.6 is 0 Å². The second kappa shape index (κ2) is 9.69. The van der Waals surface area contributed by atoms with Crippen molar-refractivity contribution < 1.29 is 23.8 Å². The minimum absolute atomic E-state index is 0.128. The molecule has 4 rings (SSSR count). The van der Waals surface area contributed by atoms with Gasteiger partial charge >= 0.3 is 0 Å². The topological polar surface area (TPSA) is 80.0 Å². The van der Waals surface area contributed by atoms with Crippen molar-refractivity contribution in [2.24, 2.45) is 0 Å². The number of allylic oxidation sites excluding steroid dienone is 1. The van der Waals surface area contributed by atoms with Crippen molar-refractivity contribution in [3.8, 4) is 11.5 Å². The van der Waals surface area contributed by atoms with Gasteiger partial charge in [0, 0.05) is 26.2 Å². The number of anilines is 1. The van der Waals surface area contributed by atoms with Crippen molar-refractivity contribution in [1.82, 2.24) is 4.90 Å².